The Balaban J connectivity index is 2.52. The molecule has 52 valence electrons. The number of hydrogen-bond acceptors (Lipinski definition) is 4. The van der Waals surface area contributed by atoms with Crippen molar-refractivity contribution in [2.75, 3.05) is 0 Å². The van der Waals surface area contributed by atoms with Gasteiger partial charge in [-0.3, -0.25) is 0 Å². The Labute approximate surface area is 53.1 Å². The lowest BCUT2D eigenvalue weighted by atomic mass is 10.2. The number of hydroxylamine groups is 1. The van der Waals surface area contributed by atoms with Crippen LogP contribution in [0.2, 0.25) is 0 Å². The number of hydrogen-bond donors (Lipinski definition) is 3. The van der Waals surface area contributed by atoms with E-state index in [0.717, 1.165) is 19.3 Å². The van der Waals surface area contributed by atoms with Crippen molar-refractivity contribution in [2.45, 2.75) is 25.3 Å². The molecule has 1 aliphatic rings. The second-order valence-electron chi connectivity index (χ2n) is 2.17. The molecule has 0 unspecified atom stereocenters. The van der Waals surface area contributed by atoms with Crippen LogP contribution in [0.4, 0.5) is 0 Å². The molecule has 0 heterocycles. The largest absolute Gasteiger partial charge is 0.411 e. The molecule has 0 radical (unpaired) electrons. The molecule has 4 nitrogen and oxygen atoms in total. The molecule has 1 rings (SSSR count). The van der Waals surface area contributed by atoms with E-state index >= 15 is 0 Å². The van der Waals surface area contributed by atoms with E-state index in [1.54, 1.807) is 0 Å². The van der Waals surface area contributed by atoms with E-state index in [-0.39, 0.29) is 6.04 Å². The summed E-state index contributed by atoms with van der Waals surface area (Å²) in [6.07, 6.45) is 2.63. The highest BCUT2D eigenvalue weighted by molar-refractivity contribution is 5.90. The fourth-order valence-electron chi connectivity index (χ4n) is 1.09. The molecule has 0 aromatic heterocycles. The summed E-state index contributed by atoms with van der Waals surface area (Å²) in [7, 11) is 0. The average Bonchev–Trinajstić information content (AvgIpc) is 2.33. The van der Waals surface area contributed by atoms with Crippen LogP contribution in [0.25, 0.3) is 0 Å². The van der Waals surface area contributed by atoms with Crippen LogP contribution in [-0.4, -0.2) is 22.2 Å². The second-order valence-corrected chi connectivity index (χ2v) is 2.17. The lowest BCUT2D eigenvalue weighted by Gasteiger charge is -2.04. The zero-order valence-electron chi connectivity index (χ0n) is 5.04. The number of nitrogens with zero attached hydrogens (tertiary/aromatic N) is 1. The van der Waals surface area contributed by atoms with Crippen LogP contribution in [0.15, 0.2) is 5.16 Å². The van der Waals surface area contributed by atoms with Crippen LogP contribution in [0, 0.1) is 0 Å². The van der Waals surface area contributed by atoms with Crippen molar-refractivity contribution < 1.29 is 10.4 Å². The SMILES string of the molecule is O/N=C1\CCC[C@@H]1NO. The van der Waals surface area contributed by atoms with Gasteiger partial charge in [0.05, 0.1) is 11.8 Å². The standard InChI is InChI=1S/C5H10N2O2/c8-6-4-2-1-3-5(4)7-9/h4,6,8-9H,1-3H2/b7-5+/t4-/m0/s1. The second kappa shape index (κ2) is 2.80. The van der Waals surface area contributed by atoms with Gasteiger partial charge in [-0.05, 0) is 19.3 Å². The smallest absolute Gasteiger partial charge is 0.0763 e. The first kappa shape index (κ1) is 6.51. The summed E-state index contributed by atoms with van der Waals surface area (Å²) >= 11 is 0. The topological polar surface area (TPSA) is 64.9 Å². The van der Waals surface area contributed by atoms with E-state index in [4.69, 9.17) is 10.4 Å². The predicted octanol–water partition coefficient (Wildman–Crippen LogP) is 0.348. The van der Waals surface area contributed by atoms with E-state index in [0.29, 0.717) is 5.71 Å². The summed E-state index contributed by atoms with van der Waals surface area (Å²) in [6.45, 7) is 0. The van der Waals surface area contributed by atoms with Crippen molar-refractivity contribution in [2.24, 2.45) is 5.16 Å². The number of oxime groups is 1. The molecule has 0 spiro atoms. The van der Waals surface area contributed by atoms with Crippen molar-refractivity contribution in [3.63, 3.8) is 0 Å². The van der Waals surface area contributed by atoms with Crippen LogP contribution < -0.4 is 5.48 Å². The highest BCUT2D eigenvalue weighted by Gasteiger charge is 2.21. The van der Waals surface area contributed by atoms with E-state index in [2.05, 4.69) is 10.6 Å². The van der Waals surface area contributed by atoms with Crippen molar-refractivity contribution in [1.29, 1.82) is 0 Å². The Bertz CT molecular complexity index is 124. The maximum atomic E-state index is 8.43. The van der Waals surface area contributed by atoms with Crippen LogP contribution >= 0.6 is 0 Å². The van der Waals surface area contributed by atoms with E-state index in [9.17, 15) is 0 Å². The van der Waals surface area contributed by atoms with Crippen LogP contribution in [0.1, 0.15) is 19.3 Å². The van der Waals surface area contributed by atoms with Crippen LogP contribution in [-0.2, 0) is 0 Å². The van der Waals surface area contributed by atoms with Gasteiger partial charge in [0.2, 0.25) is 0 Å². The molecular formula is C5H10N2O2. The Hall–Kier alpha value is -0.610. The molecule has 1 fully saturated rings. The summed E-state index contributed by atoms with van der Waals surface area (Å²) in [6, 6.07) is -0.116. The minimum Gasteiger partial charge on any atom is -0.411 e. The van der Waals surface area contributed by atoms with E-state index in [1.165, 1.54) is 0 Å². The first-order chi connectivity index (χ1) is 4.38. The average molecular weight is 130 g/mol. The van der Waals surface area contributed by atoms with Gasteiger partial charge in [-0.15, -0.1) is 0 Å². The van der Waals surface area contributed by atoms with Gasteiger partial charge < -0.3 is 10.4 Å². The zero-order valence-corrected chi connectivity index (χ0v) is 5.04. The maximum absolute atomic E-state index is 8.43. The molecule has 0 aliphatic heterocycles. The fourth-order valence-corrected chi connectivity index (χ4v) is 1.09. The summed E-state index contributed by atoms with van der Waals surface area (Å²) in [5.74, 6) is 0. The lowest BCUT2D eigenvalue weighted by Crippen LogP contribution is -2.29. The van der Waals surface area contributed by atoms with Gasteiger partial charge >= 0.3 is 0 Å². The Kier molecular flexibility index (Phi) is 2.02. The molecule has 0 bridgehead atoms. The third-order valence-electron chi connectivity index (χ3n) is 1.61. The molecule has 0 saturated heterocycles. The van der Waals surface area contributed by atoms with Gasteiger partial charge in [-0.25, -0.2) is 0 Å². The van der Waals surface area contributed by atoms with Crippen LogP contribution in [0.5, 0.6) is 0 Å². The van der Waals surface area contributed by atoms with Crippen molar-refractivity contribution in [1.82, 2.24) is 5.48 Å². The molecule has 0 aromatic rings. The molecular weight excluding hydrogens is 120 g/mol. The monoisotopic (exact) mass is 130 g/mol. The van der Waals surface area contributed by atoms with E-state index < -0.39 is 0 Å². The van der Waals surface area contributed by atoms with Gasteiger partial charge in [0.15, 0.2) is 0 Å². The summed E-state index contributed by atoms with van der Waals surface area (Å²) in [5.41, 5.74) is 2.72. The Morgan fingerprint density at radius 1 is 1.67 bits per heavy atom. The van der Waals surface area contributed by atoms with Gasteiger partial charge in [0, 0.05) is 0 Å². The number of nitrogens with one attached hydrogen (secondary N) is 1. The predicted molar refractivity (Wildman–Crippen MR) is 31.8 cm³/mol. The summed E-state index contributed by atoms with van der Waals surface area (Å²) < 4.78 is 0. The first-order valence-corrected chi connectivity index (χ1v) is 2.99. The Morgan fingerprint density at radius 3 is 2.89 bits per heavy atom. The molecule has 1 atom stereocenters. The van der Waals surface area contributed by atoms with Gasteiger partial charge in [-0.2, -0.15) is 5.48 Å². The lowest BCUT2D eigenvalue weighted by molar-refractivity contribution is 0.148. The summed E-state index contributed by atoms with van der Waals surface area (Å²) in [5, 5.41) is 19.8. The minimum absolute atomic E-state index is 0.116. The third kappa shape index (κ3) is 1.20. The molecule has 1 saturated carbocycles. The van der Waals surface area contributed by atoms with Crippen molar-refractivity contribution in [3.8, 4) is 0 Å². The minimum atomic E-state index is -0.116. The molecule has 0 amide bonds. The Morgan fingerprint density at radius 2 is 2.44 bits per heavy atom. The van der Waals surface area contributed by atoms with Crippen molar-refractivity contribution in [3.05, 3.63) is 0 Å². The van der Waals surface area contributed by atoms with E-state index in [1.807, 2.05) is 0 Å². The first-order valence-electron chi connectivity index (χ1n) is 2.99. The number of rotatable bonds is 1. The van der Waals surface area contributed by atoms with Gasteiger partial charge in [-0.1, -0.05) is 5.16 Å². The highest BCUT2D eigenvalue weighted by atomic mass is 16.5. The zero-order chi connectivity index (χ0) is 6.69. The third-order valence-corrected chi connectivity index (χ3v) is 1.61. The van der Waals surface area contributed by atoms with Crippen molar-refractivity contribution >= 4 is 5.71 Å². The van der Waals surface area contributed by atoms with Crippen LogP contribution in [0.3, 0.4) is 0 Å². The fraction of sp³-hybridized carbons (Fsp3) is 0.800. The molecule has 9 heavy (non-hydrogen) atoms. The van der Waals surface area contributed by atoms with Gasteiger partial charge in [0.25, 0.3) is 0 Å². The van der Waals surface area contributed by atoms with Gasteiger partial charge in [0.1, 0.15) is 0 Å². The molecule has 1 aliphatic carbocycles. The maximum Gasteiger partial charge on any atom is 0.0763 e. The normalized spacial score (nSPS) is 31.7. The molecule has 4 heteroatoms. The highest BCUT2D eigenvalue weighted by Crippen LogP contribution is 2.14. The molecule has 3 N–H and O–H groups in total. The molecule has 0 aromatic carbocycles. The summed E-state index contributed by atoms with van der Waals surface area (Å²) in [4.78, 5) is 0. The quantitative estimate of drug-likeness (QED) is 0.354.